The highest BCUT2D eigenvalue weighted by atomic mass is 32.2. The van der Waals surface area contributed by atoms with E-state index in [2.05, 4.69) is 96.1 Å². The first kappa shape index (κ1) is 26.8. The molecule has 0 atom stereocenters. The number of halogens is 3. The van der Waals surface area contributed by atoms with Crippen LogP contribution in [0.15, 0.2) is 91.5 Å². The van der Waals surface area contributed by atoms with Crippen LogP contribution in [0, 0.1) is 0 Å². The summed E-state index contributed by atoms with van der Waals surface area (Å²) in [6.07, 6.45) is 6.43. The van der Waals surface area contributed by atoms with Crippen molar-refractivity contribution in [3.05, 3.63) is 114 Å². The molecule has 0 saturated carbocycles. The molecule has 1 aromatic heterocycles. The van der Waals surface area contributed by atoms with E-state index in [1.165, 1.54) is 55.9 Å². The van der Waals surface area contributed by atoms with Gasteiger partial charge in [0.15, 0.2) is 16.7 Å². The number of hydrogen-bond donors (Lipinski definition) is 0. The predicted octanol–water partition coefficient (Wildman–Crippen LogP) is 6.41. The highest BCUT2D eigenvalue weighted by Crippen LogP contribution is 2.44. The van der Waals surface area contributed by atoms with Gasteiger partial charge >= 0.3 is 5.51 Å². The number of allylic oxidation sites excluding steroid dienone is 1. The Balaban J connectivity index is 0.000000339. The minimum Gasteiger partial charge on any atom is -0.741 e. The number of fused-ring (bicyclic) bond motifs is 6. The molecule has 1 heterocycles. The maximum Gasteiger partial charge on any atom is 0.485 e. The van der Waals surface area contributed by atoms with Crippen LogP contribution in [-0.4, -0.2) is 18.5 Å². The average Bonchev–Trinajstić information content (AvgIpc) is 2.92. The van der Waals surface area contributed by atoms with Gasteiger partial charge in [-0.1, -0.05) is 73.3 Å². The van der Waals surface area contributed by atoms with E-state index in [1.807, 2.05) is 0 Å². The monoisotopic (exact) mass is 549 g/mol. The summed E-state index contributed by atoms with van der Waals surface area (Å²) in [5.41, 5.74) is 8.62. The molecule has 4 aromatic rings. The number of pyridine rings is 1. The van der Waals surface area contributed by atoms with E-state index in [0.717, 1.165) is 32.2 Å². The Hall–Kier alpha value is -3.75. The lowest BCUT2D eigenvalue weighted by molar-refractivity contribution is -0.665. The fourth-order valence-electron chi connectivity index (χ4n) is 5.68. The molecule has 0 amide bonds. The Bertz CT molecular complexity index is 1590. The third-order valence-corrected chi connectivity index (χ3v) is 7.77. The molecule has 0 bridgehead atoms. The maximum absolute atomic E-state index is 10.7. The van der Waals surface area contributed by atoms with E-state index in [-0.39, 0.29) is 0 Å². The topological polar surface area (TPSA) is 61.1 Å². The molecule has 0 radical (unpaired) electrons. The van der Waals surface area contributed by atoms with Crippen LogP contribution in [0.1, 0.15) is 22.3 Å². The third kappa shape index (κ3) is 5.02. The second-order valence-electron chi connectivity index (χ2n) is 9.51. The summed E-state index contributed by atoms with van der Waals surface area (Å²) in [6.45, 7) is 4.95. The van der Waals surface area contributed by atoms with Gasteiger partial charge in [0.25, 0.3) is 0 Å². The standard InChI is InChI=1S/C30H26N.CHF3O3S/c1-2-20-31-29-24-14-8-6-10-21(24)16-18-26(29)28(23-12-4-3-5-13-23)27-19-17-22-11-7-9-15-25(22)30(27)31;2-1(3,4)8(5,6)7/h2-15H,1,16-20H2;(H,5,6,7)/q+1;/p-1. The SMILES string of the molecule is C=CC[n+]1c2c(c(-c3ccccc3)c3c1-c1ccccc1CC3)CCc1ccccc1-2.O=S(=O)([O-])C(F)(F)F. The summed E-state index contributed by atoms with van der Waals surface area (Å²) >= 11 is 0. The summed E-state index contributed by atoms with van der Waals surface area (Å²) in [5.74, 6) is 0. The van der Waals surface area contributed by atoms with E-state index < -0.39 is 15.6 Å². The Kier molecular flexibility index (Phi) is 7.18. The lowest BCUT2D eigenvalue weighted by atomic mass is 9.77. The normalized spacial score (nSPS) is 13.6. The predicted molar refractivity (Wildman–Crippen MR) is 144 cm³/mol. The van der Waals surface area contributed by atoms with Crippen molar-refractivity contribution in [2.24, 2.45) is 0 Å². The highest BCUT2D eigenvalue weighted by Gasteiger charge is 2.38. The molecule has 0 spiro atoms. The lowest BCUT2D eigenvalue weighted by Gasteiger charge is -2.28. The van der Waals surface area contributed by atoms with E-state index >= 15 is 0 Å². The van der Waals surface area contributed by atoms with Crippen molar-refractivity contribution in [1.82, 2.24) is 0 Å². The molecular weight excluding hydrogens is 523 g/mol. The summed E-state index contributed by atoms with van der Waals surface area (Å²) < 4.78 is 61.5. The summed E-state index contributed by atoms with van der Waals surface area (Å²) in [4.78, 5) is 0. The Morgan fingerprint density at radius 3 is 1.64 bits per heavy atom. The lowest BCUT2D eigenvalue weighted by Crippen LogP contribution is -2.43. The molecule has 8 heteroatoms. The molecule has 39 heavy (non-hydrogen) atoms. The van der Waals surface area contributed by atoms with Crippen molar-refractivity contribution < 1.29 is 30.7 Å². The molecule has 0 N–H and O–H groups in total. The highest BCUT2D eigenvalue weighted by molar-refractivity contribution is 7.86. The minimum absolute atomic E-state index is 0.822. The fraction of sp³-hybridized carbons (Fsp3) is 0.194. The van der Waals surface area contributed by atoms with Crippen LogP contribution in [0.4, 0.5) is 13.2 Å². The number of hydrogen-bond acceptors (Lipinski definition) is 3. The summed E-state index contributed by atoms with van der Waals surface area (Å²) in [7, 11) is -6.09. The van der Waals surface area contributed by atoms with Gasteiger partial charge < -0.3 is 4.55 Å². The first-order valence-electron chi connectivity index (χ1n) is 12.6. The van der Waals surface area contributed by atoms with E-state index in [9.17, 15) is 13.2 Å². The number of rotatable bonds is 3. The first-order chi connectivity index (χ1) is 18.6. The largest absolute Gasteiger partial charge is 0.741 e. The molecule has 6 rings (SSSR count). The van der Waals surface area contributed by atoms with Crippen LogP contribution in [0.2, 0.25) is 0 Å². The molecular formula is C31H26F3NO3S. The zero-order valence-electron chi connectivity index (χ0n) is 21.0. The summed E-state index contributed by atoms with van der Waals surface area (Å²) in [5, 5.41) is 0. The Labute approximate surface area is 225 Å². The zero-order chi connectivity index (χ0) is 27.8. The second-order valence-corrected chi connectivity index (χ2v) is 10.9. The molecule has 0 aliphatic heterocycles. The molecule has 2 aliphatic rings. The Morgan fingerprint density at radius 1 is 0.769 bits per heavy atom. The first-order valence-corrected chi connectivity index (χ1v) is 14.0. The number of aromatic nitrogens is 1. The third-order valence-electron chi connectivity index (χ3n) is 7.21. The van der Waals surface area contributed by atoms with Crippen molar-refractivity contribution in [3.8, 4) is 33.6 Å². The zero-order valence-corrected chi connectivity index (χ0v) is 21.9. The van der Waals surface area contributed by atoms with Gasteiger partial charge in [0.1, 0.15) is 0 Å². The van der Waals surface area contributed by atoms with Crippen LogP contribution in [0.3, 0.4) is 0 Å². The smallest absolute Gasteiger partial charge is 0.485 e. The second kappa shape index (κ2) is 10.4. The van der Waals surface area contributed by atoms with Crippen LogP contribution in [0.5, 0.6) is 0 Å². The van der Waals surface area contributed by atoms with Crippen LogP contribution >= 0.6 is 0 Å². The molecule has 200 valence electrons. The van der Waals surface area contributed by atoms with E-state index in [1.54, 1.807) is 0 Å². The van der Waals surface area contributed by atoms with Gasteiger partial charge in [-0.05, 0) is 60.6 Å². The fourth-order valence-corrected chi connectivity index (χ4v) is 5.68. The summed E-state index contributed by atoms with van der Waals surface area (Å²) in [6, 6.07) is 29.0. The average molecular weight is 550 g/mol. The van der Waals surface area contributed by atoms with Gasteiger partial charge in [0.2, 0.25) is 11.4 Å². The molecule has 4 nitrogen and oxygen atoms in total. The maximum atomic E-state index is 10.7. The van der Waals surface area contributed by atoms with Gasteiger partial charge in [-0.25, -0.2) is 8.42 Å². The Morgan fingerprint density at radius 2 is 1.21 bits per heavy atom. The van der Waals surface area contributed by atoms with Gasteiger partial charge in [0, 0.05) is 27.8 Å². The van der Waals surface area contributed by atoms with Crippen molar-refractivity contribution in [1.29, 1.82) is 0 Å². The quantitative estimate of drug-likeness (QED) is 0.128. The van der Waals surface area contributed by atoms with Crippen LogP contribution in [0.25, 0.3) is 33.6 Å². The van der Waals surface area contributed by atoms with Crippen LogP contribution in [-0.2, 0) is 42.3 Å². The molecule has 0 unspecified atom stereocenters. The van der Waals surface area contributed by atoms with E-state index in [0.29, 0.717) is 0 Å². The minimum atomic E-state index is -6.09. The van der Waals surface area contributed by atoms with Gasteiger partial charge in [-0.2, -0.15) is 17.7 Å². The molecule has 0 saturated heterocycles. The number of aryl methyl sites for hydroxylation is 2. The van der Waals surface area contributed by atoms with E-state index in [4.69, 9.17) is 13.0 Å². The molecule has 3 aromatic carbocycles. The van der Waals surface area contributed by atoms with Crippen molar-refractivity contribution >= 4 is 10.1 Å². The molecule has 2 aliphatic carbocycles. The van der Waals surface area contributed by atoms with Crippen molar-refractivity contribution in [3.63, 3.8) is 0 Å². The number of nitrogens with zero attached hydrogens (tertiary/aromatic N) is 1. The van der Waals surface area contributed by atoms with Crippen molar-refractivity contribution in [2.75, 3.05) is 0 Å². The van der Waals surface area contributed by atoms with Gasteiger partial charge in [-0.15, -0.1) is 0 Å². The van der Waals surface area contributed by atoms with Gasteiger partial charge in [0.05, 0.1) is 0 Å². The van der Waals surface area contributed by atoms with Crippen molar-refractivity contribution in [2.45, 2.75) is 37.7 Å². The van der Waals surface area contributed by atoms with Gasteiger partial charge in [-0.3, -0.25) is 0 Å². The number of alkyl halides is 3. The van der Waals surface area contributed by atoms with Crippen LogP contribution < -0.4 is 4.57 Å². The number of benzene rings is 3. The molecule has 0 fully saturated rings.